The van der Waals surface area contributed by atoms with Gasteiger partial charge in [-0.2, -0.15) is 0 Å². The summed E-state index contributed by atoms with van der Waals surface area (Å²) in [5.74, 6) is 0.0402. The number of hydrogen-bond donors (Lipinski definition) is 1. The van der Waals surface area contributed by atoms with Crippen molar-refractivity contribution in [1.29, 1.82) is 0 Å². The monoisotopic (exact) mass is 224 g/mol. The molecule has 0 heterocycles. The number of ether oxygens (including phenoxy) is 2. The molecule has 0 radical (unpaired) electrons. The van der Waals surface area contributed by atoms with Gasteiger partial charge in [-0.05, 0) is 31.5 Å². The molecule has 0 aliphatic heterocycles. The Bertz CT molecular complexity index is 396. The van der Waals surface area contributed by atoms with Crippen molar-refractivity contribution in [2.75, 3.05) is 14.2 Å². The molecule has 0 fully saturated rings. The molecular formula is C12H16O4. The number of aromatic hydroxyl groups is 1. The van der Waals surface area contributed by atoms with E-state index in [1.165, 1.54) is 20.3 Å². The van der Waals surface area contributed by atoms with Gasteiger partial charge in [-0.15, -0.1) is 0 Å². The topological polar surface area (TPSA) is 55.8 Å². The molecule has 0 saturated heterocycles. The number of carbonyl (C=O) groups is 1. The number of phenols is 1. The predicted molar refractivity (Wildman–Crippen MR) is 59.7 cm³/mol. The molecule has 1 aromatic rings. The van der Waals surface area contributed by atoms with Crippen molar-refractivity contribution in [2.24, 2.45) is 0 Å². The Morgan fingerprint density at radius 1 is 1.31 bits per heavy atom. The Morgan fingerprint density at radius 2 is 1.94 bits per heavy atom. The van der Waals surface area contributed by atoms with E-state index in [4.69, 9.17) is 9.47 Å². The van der Waals surface area contributed by atoms with Crippen molar-refractivity contribution in [3.8, 4) is 11.5 Å². The molecule has 0 unspecified atom stereocenters. The second-order valence-corrected chi connectivity index (χ2v) is 4.00. The number of hydrogen-bond acceptors (Lipinski definition) is 4. The lowest BCUT2D eigenvalue weighted by Crippen LogP contribution is -2.30. The standard InChI is InChI=1S/C12H16O4/c1-12(2,11(14)16-4)8-5-6-10(15-3)9(13)7-8/h5-7,13H,1-4H3. The molecule has 0 spiro atoms. The molecule has 0 aromatic heterocycles. The molecule has 0 atom stereocenters. The molecule has 0 bridgehead atoms. The van der Waals surface area contributed by atoms with Crippen LogP contribution in [0.5, 0.6) is 11.5 Å². The summed E-state index contributed by atoms with van der Waals surface area (Å²) >= 11 is 0. The smallest absolute Gasteiger partial charge is 0.315 e. The van der Waals surface area contributed by atoms with Crippen LogP contribution in [0.25, 0.3) is 0 Å². The second kappa shape index (κ2) is 4.43. The van der Waals surface area contributed by atoms with Gasteiger partial charge in [-0.3, -0.25) is 4.79 Å². The Labute approximate surface area is 94.8 Å². The van der Waals surface area contributed by atoms with Crippen LogP contribution in [0.3, 0.4) is 0 Å². The van der Waals surface area contributed by atoms with E-state index in [0.29, 0.717) is 11.3 Å². The zero-order valence-corrected chi connectivity index (χ0v) is 9.90. The van der Waals surface area contributed by atoms with Gasteiger partial charge in [0, 0.05) is 0 Å². The first kappa shape index (κ1) is 12.4. The van der Waals surface area contributed by atoms with Crippen molar-refractivity contribution in [3.63, 3.8) is 0 Å². The lowest BCUT2D eigenvalue weighted by molar-refractivity contribution is -0.146. The summed E-state index contributed by atoms with van der Waals surface area (Å²) in [6, 6.07) is 4.86. The van der Waals surface area contributed by atoms with Crippen LogP contribution in [0.1, 0.15) is 19.4 Å². The minimum atomic E-state index is -0.793. The molecule has 0 aliphatic carbocycles. The van der Waals surface area contributed by atoms with E-state index < -0.39 is 5.41 Å². The van der Waals surface area contributed by atoms with Gasteiger partial charge in [0.1, 0.15) is 0 Å². The third-order valence-electron chi connectivity index (χ3n) is 2.60. The first-order valence-corrected chi connectivity index (χ1v) is 4.89. The second-order valence-electron chi connectivity index (χ2n) is 4.00. The summed E-state index contributed by atoms with van der Waals surface area (Å²) in [5, 5.41) is 9.63. The highest BCUT2D eigenvalue weighted by molar-refractivity contribution is 5.82. The molecule has 1 aromatic carbocycles. The fourth-order valence-corrected chi connectivity index (χ4v) is 1.45. The molecule has 1 rings (SSSR count). The third kappa shape index (κ3) is 2.10. The Morgan fingerprint density at radius 3 is 2.38 bits per heavy atom. The molecule has 0 aliphatic rings. The van der Waals surface area contributed by atoms with E-state index in [-0.39, 0.29) is 11.7 Å². The van der Waals surface area contributed by atoms with Crippen molar-refractivity contribution >= 4 is 5.97 Å². The largest absolute Gasteiger partial charge is 0.504 e. The summed E-state index contributed by atoms with van der Waals surface area (Å²) in [7, 11) is 2.81. The lowest BCUT2D eigenvalue weighted by atomic mass is 9.84. The first-order valence-electron chi connectivity index (χ1n) is 4.89. The Kier molecular flexibility index (Phi) is 3.42. The summed E-state index contributed by atoms with van der Waals surface area (Å²) in [6.45, 7) is 3.47. The van der Waals surface area contributed by atoms with Gasteiger partial charge >= 0.3 is 5.97 Å². The van der Waals surface area contributed by atoms with E-state index >= 15 is 0 Å². The van der Waals surface area contributed by atoms with Crippen molar-refractivity contribution in [1.82, 2.24) is 0 Å². The van der Waals surface area contributed by atoms with Gasteiger partial charge in [0.15, 0.2) is 11.5 Å². The maximum absolute atomic E-state index is 11.6. The zero-order valence-electron chi connectivity index (χ0n) is 9.90. The average molecular weight is 224 g/mol. The van der Waals surface area contributed by atoms with Crippen molar-refractivity contribution in [2.45, 2.75) is 19.3 Å². The van der Waals surface area contributed by atoms with Crippen molar-refractivity contribution in [3.05, 3.63) is 23.8 Å². The number of rotatable bonds is 3. The molecule has 1 N–H and O–H groups in total. The van der Waals surface area contributed by atoms with E-state index in [1.54, 1.807) is 26.0 Å². The maximum Gasteiger partial charge on any atom is 0.315 e. The average Bonchev–Trinajstić information content (AvgIpc) is 2.27. The zero-order chi connectivity index (χ0) is 12.3. The Hall–Kier alpha value is -1.71. The molecule has 0 amide bonds. The van der Waals surface area contributed by atoms with Crippen LogP contribution in [-0.4, -0.2) is 25.3 Å². The van der Waals surface area contributed by atoms with E-state index in [2.05, 4.69) is 0 Å². The molecule has 4 heteroatoms. The minimum absolute atomic E-state index is 0.0111. The van der Waals surface area contributed by atoms with Crippen LogP contribution < -0.4 is 4.74 Å². The predicted octanol–water partition coefficient (Wildman–Crippen LogP) is 1.85. The number of phenolic OH excluding ortho intramolecular Hbond substituents is 1. The number of benzene rings is 1. The van der Waals surface area contributed by atoms with Crippen LogP contribution in [0, 0.1) is 0 Å². The van der Waals surface area contributed by atoms with Gasteiger partial charge in [-0.1, -0.05) is 6.07 Å². The lowest BCUT2D eigenvalue weighted by Gasteiger charge is -2.22. The summed E-state index contributed by atoms with van der Waals surface area (Å²) in [6.07, 6.45) is 0. The highest BCUT2D eigenvalue weighted by Crippen LogP contribution is 2.32. The fourth-order valence-electron chi connectivity index (χ4n) is 1.45. The Balaban J connectivity index is 3.14. The first-order chi connectivity index (χ1) is 7.43. The molecule has 4 nitrogen and oxygen atoms in total. The SMILES string of the molecule is COC(=O)C(C)(C)c1ccc(OC)c(O)c1. The van der Waals surface area contributed by atoms with E-state index in [1.807, 2.05) is 0 Å². The molecule has 0 saturated carbocycles. The maximum atomic E-state index is 11.6. The van der Waals surface area contributed by atoms with Crippen LogP contribution in [0.15, 0.2) is 18.2 Å². The summed E-state index contributed by atoms with van der Waals surface area (Å²) in [4.78, 5) is 11.6. The van der Waals surface area contributed by atoms with Gasteiger partial charge in [0.05, 0.1) is 19.6 Å². The highest BCUT2D eigenvalue weighted by atomic mass is 16.5. The van der Waals surface area contributed by atoms with E-state index in [0.717, 1.165) is 0 Å². The third-order valence-corrected chi connectivity index (χ3v) is 2.60. The highest BCUT2D eigenvalue weighted by Gasteiger charge is 2.31. The van der Waals surface area contributed by atoms with Crippen LogP contribution in [0.2, 0.25) is 0 Å². The van der Waals surface area contributed by atoms with Crippen LogP contribution in [-0.2, 0) is 14.9 Å². The van der Waals surface area contributed by atoms with Gasteiger partial charge < -0.3 is 14.6 Å². The van der Waals surface area contributed by atoms with Gasteiger partial charge in [0.2, 0.25) is 0 Å². The molecule has 88 valence electrons. The number of methoxy groups -OCH3 is 2. The quantitative estimate of drug-likeness (QED) is 0.796. The van der Waals surface area contributed by atoms with E-state index in [9.17, 15) is 9.90 Å². The fraction of sp³-hybridized carbons (Fsp3) is 0.417. The van der Waals surface area contributed by atoms with Crippen LogP contribution >= 0.6 is 0 Å². The van der Waals surface area contributed by atoms with Gasteiger partial charge in [0.25, 0.3) is 0 Å². The number of esters is 1. The summed E-state index contributed by atoms with van der Waals surface area (Å²) in [5.41, 5.74) is -0.115. The molecule has 16 heavy (non-hydrogen) atoms. The molecular weight excluding hydrogens is 208 g/mol. The minimum Gasteiger partial charge on any atom is -0.504 e. The van der Waals surface area contributed by atoms with Crippen molar-refractivity contribution < 1.29 is 19.4 Å². The van der Waals surface area contributed by atoms with Gasteiger partial charge in [-0.25, -0.2) is 0 Å². The van der Waals surface area contributed by atoms with Crippen LogP contribution in [0.4, 0.5) is 0 Å². The normalized spacial score (nSPS) is 11.0. The number of carbonyl (C=O) groups excluding carboxylic acids is 1. The summed E-state index contributed by atoms with van der Waals surface area (Å²) < 4.78 is 9.65.